The van der Waals surface area contributed by atoms with Crippen molar-refractivity contribution in [2.45, 2.75) is 39.0 Å². The second kappa shape index (κ2) is 7.58. The molecule has 0 radical (unpaired) electrons. The van der Waals surface area contributed by atoms with Crippen LogP contribution in [0.2, 0.25) is 0 Å². The van der Waals surface area contributed by atoms with Gasteiger partial charge in [0.05, 0.1) is 13.0 Å². The van der Waals surface area contributed by atoms with Gasteiger partial charge in [0.15, 0.2) is 0 Å². The number of carbonyl (C=O) groups is 1. The molecule has 0 spiro atoms. The molecule has 2 aromatic carbocycles. The van der Waals surface area contributed by atoms with Gasteiger partial charge in [0.1, 0.15) is 5.75 Å². The molecule has 5 rings (SSSR count). The van der Waals surface area contributed by atoms with Crippen LogP contribution in [0, 0.1) is 6.92 Å². The molecule has 0 bridgehead atoms. The van der Waals surface area contributed by atoms with E-state index in [9.17, 15) is 9.90 Å². The summed E-state index contributed by atoms with van der Waals surface area (Å²) < 4.78 is 10.6. The number of carbonyl (C=O) groups excluding carboxylic acids is 1. The number of nitrogens with zero attached hydrogens (tertiary/aromatic N) is 2. The van der Waals surface area contributed by atoms with Crippen LogP contribution in [-0.4, -0.2) is 32.8 Å². The van der Waals surface area contributed by atoms with Gasteiger partial charge < -0.3 is 19.4 Å². The van der Waals surface area contributed by atoms with E-state index in [1.807, 2.05) is 32.0 Å². The molecule has 1 aliphatic carbocycles. The van der Waals surface area contributed by atoms with E-state index < -0.39 is 0 Å². The van der Waals surface area contributed by atoms with Gasteiger partial charge in [-0.25, -0.2) is 0 Å². The van der Waals surface area contributed by atoms with Crippen LogP contribution in [-0.2, 0) is 16.0 Å². The molecule has 0 saturated carbocycles. The Balaban J connectivity index is 1.45. The van der Waals surface area contributed by atoms with Crippen molar-refractivity contribution in [2.75, 3.05) is 6.61 Å². The average molecular weight is 417 g/mol. The molecular formula is C24H23N3O4. The maximum absolute atomic E-state index is 11.9. The lowest BCUT2D eigenvalue weighted by Gasteiger charge is -2.08. The molecule has 2 heterocycles. The predicted octanol–water partition coefficient (Wildman–Crippen LogP) is 4.88. The zero-order valence-corrected chi connectivity index (χ0v) is 17.4. The molecule has 7 heteroatoms. The first kappa shape index (κ1) is 19.4. The SMILES string of the molecule is CCOC(=O)CC1CCc2c1[nH]c1ccc(-c3noc(-c4ccc(O)c(C)c4)n3)cc21. The van der Waals surface area contributed by atoms with Crippen molar-refractivity contribution in [3.05, 3.63) is 53.2 Å². The minimum Gasteiger partial charge on any atom is -0.508 e. The highest BCUT2D eigenvalue weighted by molar-refractivity contribution is 5.89. The highest BCUT2D eigenvalue weighted by Gasteiger charge is 2.29. The fourth-order valence-electron chi connectivity index (χ4n) is 4.36. The number of aromatic hydroxyl groups is 1. The molecule has 1 atom stereocenters. The number of phenolic OH excluding ortho intramolecular Hbond substituents is 1. The number of aromatic nitrogens is 3. The number of H-pyrrole nitrogens is 1. The molecule has 2 aromatic heterocycles. The topological polar surface area (TPSA) is 101 Å². The zero-order chi connectivity index (χ0) is 21.5. The first-order chi connectivity index (χ1) is 15.0. The lowest BCUT2D eigenvalue weighted by atomic mass is 10.0. The number of benzene rings is 2. The third-order valence-corrected chi connectivity index (χ3v) is 5.94. The van der Waals surface area contributed by atoms with Gasteiger partial charge in [0.25, 0.3) is 5.89 Å². The van der Waals surface area contributed by atoms with Crippen LogP contribution in [0.15, 0.2) is 40.9 Å². The van der Waals surface area contributed by atoms with Crippen LogP contribution in [0.25, 0.3) is 33.7 Å². The lowest BCUT2D eigenvalue weighted by molar-refractivity contribution is -0.143. The number of nitrogens with one attached hydrogen (secondary N) is 1. The van der Waals surface area contributed by atoms with E-state index in [0.717, 1.165) is 46.1 Å². The summed E-state index contributed by atoms with van der Waals surface area (Å²) in [7, 11) is 0. The molecule has 0 amide bonds. The highest BCUT2D eigenvalue weighted by Crippen LogP contribution is 2.40. The van der Waals surface area contributed by atoms with Crippen molar-refractivity contribution in [2.24, 2.45) is 0 Å². The van der Waals surface area contributed by atoms with E-state index in [0.29, 0.717) is 24.7 Å². The Labute approximate surface area is 179 Å². The van der Waals surface area contributed by atoms with Gasteiger partial charge in [0, 0.05) is 33.6 Å². The third-order valence-electron chi connectivity index (χ3n) is 5.94. The number of fused-ring (bicyclic) bond motifs is 3. The van der Waals surface area contributed by atoms with Gasteiger partial charge in [-0.15, -0.1) is 0 Å². The van der Waals surface area contributed by atoms with Crippen molar-refractivity contribution in [3.8, 4) is 28.6 Å². The summed E-state index contributed by atoms with van der Waals surface area (Å²) in [4.78, 5) is 20.0. The normalized spacial score (nSPS) is 15.4. The summed E-state index contributed by atoms with van der Waals surface area (Å²) in [5, 5.41) is 15.0. The molecular weight excluding hydrogens is 394 g/mol. The monoisotopic (exact) mass is 417 g/mol. The minimum atomic E-state index is -0.150. The van der Waals surface area contributed by atoms with Gasteiger partial charge in [-0.2, -0.15) is 4.98 Å². The number of phenols is 1. The Morgan fingerprint density at radius 3 is 2.90 bits per heavy atom. The van der Waals surface area contributed by atoms with Gasteiger partial charge >= 0.3 is 5.97 Å². The maximum atomic E-state index is 11.9. The molecule has 0 aliphatic heterocycles. The van der Waals surface area contributed by atoms with Crippen LogP contribution in [0.5, 0.6) is 5.75 Å². The number of esters is 1. The second-order valence-corrected chi connectivity index (χ2v) is 7.95. The molecule has 0 saturated heterocycles. The Bertz CT molecular complexity index is 1290. The van der Waals surface area contributed by atoms with Crippen LogP contribution in [0.3, 0.4) is 0 Å². The molecule has 1 unspecified atom stereocenters. The van der Waals surface area contributed by atoms with E-state index in [1.165, 1.54) is 5.56 Å². The number of hydrogen-bond donors (Lipinski definition) is 2. The quantitative estimate of drug-likeness (QED) is 0.449. The summed E-state index contributed by atoms with van der Waals surface area (Å²) >= 11 is 0. The maximum Gasteiger partial charge on any atom is 0.306 e. The second-order valence-electron chi connectivity index (χ2n) is 7.95. The van der Waals surface area contributed by atoms with E-state index in [2.05, 4.69) is 21.2 Å². The van der Waals surface area contributed by atoms with Crippen molar-refractivity contribution in [1.82, 2.24) is 15.1 Å². The predicted molar refractivity (Wildman–Crippen MR) is 116 cm³/mol. The van der Waals surface area contributed by atoms with Crippen molar-refractivity contribution in [3.63, 3.8) is 0 Å². The van der Waals surface area contributed by atoms with Gasteiger partial charge in [0.2, 0.25) is 5.82 Å². The summed E-state index contributed by atoms with van der Waals surface area (Å²) in [6.07, 6.45) is 2.26. The number of aromatic amines is 1. The average Bonchev–Trinajstić information content (AvgIpc) is 3.46. The fraction of sp³-hybridized carbons (Fsp3) is 0.292. The molecule has 7 nitrogen and oxygen atoms in total. The van der Waals surface area contributed by atoms with E-state index in [-0.39, 0.29) is 17.6 Å². The van der Waals surface area contributed by atoms with Gasteiger partial charge in [-0.3, -0.25) is 4.79 Å². The molecule has 31 heavy (non-hydrogen) atoms. The lowest BCUT2D eigenvalue weighted by Crippen LogP contribution is -2.08. The van der Waals surface area contributed by atoms with Crippen molar-refractivity contribution < 1.29 is 19.2 Å². The van der Waals surface area contributed by atoms with Gasteiger partial charge in [-0.05, 0) is 74.2 Å². The molecule has 4 aromatic rings. The first-order valence-corrected chi connectivity index (χ1v) is 10.5. The number of aryl methyl sites for hydroxylation is 2. The first-order valence-electron chi connectivity index (χ1n) is 10.5. The third kappa shape index (κ3) is 3.46. The number of rotatable bonds is 5. The molecule has 2 N–H and O–H groups in total. The van der Waals surface area contributed by atoms with Crippen molar-refractivity contribution in [1.29, 1.82) is 0 Å². The standard InChI is InChI=1S/C24H23N3O4/c1-3-30-21(29)12-14-4-7-17-18-11-15(5-8-19(18)25-22(14)17)23-26-24(31-27-23)16-6-9-20(28)13(2)10-16/h5-6,8-11,14,25,28H,3-4,7,12H2,1-2H3. The number of hydrogen-bond acceptors (Lipinski definition) is 6. The van der Waals surface area contributed by atoms with E-state index in [1.54, 1.807) is 12.1 Å². The Morgan fingerprint density at radius 2 is 2.10 bits per heavy atom. The minimum absolute atomic E-state index is 0.150. The largest absolute Gasteiger partial charge is 0.508 e. The Kier molecular flexibility index (Phi) is 4.73. The van der Waals surface area contributed by atoms with Crippen LogP contribution in [0.1, 0.15) is 42.5 Å². The van der Waals surface area contributed by atoms with E-state index >= 15 is 0 Å². The smallest absolute Gasteiger partial charge is 0.306 e. The van der Waals surface area contributed by atoms with Gasteiger partial charge in [-0.1, -0.05) is 5.16 Å². The summed E-state index contributed by atoms with van der Waals surface area (Å²) in [5.74, 6) is 1.17. The Morgan fingerprint density at radius 1 is 1.26 bits per heavy atom. The molecule has 1 aliphatic rings. The summed E-state index contributed by atoms with van der Waals surface area (Å²) in [6, 6.07) is 11.3. The number of ether oxygens (including phenoxy) is 1. The van der Waals surface area contributed by atoms with Crippen molar-refractivity contribution >= 4 is 16.9 Å². The van der Waals surface area contributed by atoms with E-state index in [4.69, 9.17) is 9.26 Å². The van der Waals surface area contributed by atoms with Crippen LogP contribution in [0.4, 0.5) is 0 Å². The fourth-order valence-corrected chi connectivity index (χ4v) is 4.36. The van der Waals surface area contributed by atoms with Crippen LogP contribution >= 0.6 is 0 Å². The Hall–Kier alpha value is -3.61. The zero-order valence-electron chi connectivity index (χ0n) is 17.4. The molecule has 158 valence electrons. The summed E-state index contributed by atoms with van der Waals surface area (Å²) in [5.41, 5.74) is 5.81. The summed E-state index contributed by atoms with van der Waals surface area (Å²) in [6.45, 7) is 4.06. The van der Waals surface area contributed by atoms with Crippen LogP contribution < -0.4 is 0 Å². The highest BCUT2D eigenvalue weighted by atomic mass is 16.5. The molecule has 0 fully saturated rings.